The van der Waals surface area contributed by atoms with Gasteiger partial charge in [0.1, 0.15) is 54.9 Å². The molecule has 11 heteroatoms. The summed E-state index contributed by atoms with van der Waals surface area (Å²) >= 11 is 0. The predicted octanol–water partition coefficient (Wildman–Crippen LogP) is 15.1. The molecule has 0 fully saturated rings. The van der Waals surface area contributed by atoms with Crippen LogP contribution < -0.4 is 0 Å². The topological polar surface area (TPSA) is 49.7 Å². The number of carboxylic acids is 1. The Morgan fingerprint density at radius 3 is 1.07 bits per heavy atom. The van der Waals surface area contributed by atoms with E-state index in [9.17, 15) is 9.90 Å². The highest BCUT2D eigenvalue weighted by Crippen LogP contribution is 2.76. The van der Waals surface area contributed by atoms with Crippen LogP contribution >= 0.6 is 0 Å². The summed E-state index contributed by atoms with van der Waals surface area (Å²) in [5.41, 5.74) is -13.3. The Kier molecular flexibility index (Phi) is 20.0. The number of fused-ring (bicyclic) bond motifs is 1. The second-order valence-corrected chi connectivity index (χ2v) is 22.5. The van der Waals surface area contributed by atoms with Gasteiger partial charge in [-0.25, -0.2) is 35.1 Å². The molecule has 358 valence electrons. The summed E-state index contributed by atoms with van der Waals surface area (Å²) in [6.07, 6.45) is -22.9. The lowest BCUT2D eigenvalue weighted by atomic mass is 9.33. The molecule has 0 aromatic rings. The average Bonchev–Trinajstić information content (AvgIpc) is 3.06. The number of nitrogens with zero attached hydrogens (tertiary/aromatic N) is 1. The standard InChI is InChI=1S/C50H85F8NO2/c1-27(2)19-37(51)47(38(52)20-28(3)4)35(46(60)61)17-18-36-45(47)48(39(53)21-29(5)6,40(54)22-30(7)8)49(41(55)23-31(9)10,42(56)24-32(11)12)50(59-36,43(57)25-33(13)14)44(58)26-34(15)16/h17-18,27-35,37-45H,19-26H2,1-16H3,(H,60,61). The Bertz CT molecular complexity index is 1360. The van der Waals surface area contributed by atoms with Crippen LogP contribution in [-0.2, 0) is 4.79 Å². The molecular weight excluding hydrogens is 799 g/mol. The van der Waals surface area contributed by atoms with Crippen molar-refractivity contribution in [2.24, 2.45) is 80.4 Å². The minimum Gasteiger partial charge on any atom is -0.481 e. The number of carboxylic acid groups (broad SMARTS) is 1. The van der Waals surface area contributed by atoms with E-state index in [2.05, 4.69) is 0 Å². The molecule has 2 rings (SSSR count). The molecule has 1 heterocycles. The predicted molar refractivity (Wildman–Crippen MR) is 236 cm³/mol. The van der Waals surface area contributed by atoms with Crippen LogP contribution in [0.2, 0.25) is 0 Å². The average molecular weight is 884 g/mol. The van der Waals surface area contributed by atoms with Crippen molar-refractivity contribution in [2.75, 3.05) is 0 Å². The van der Waals surface area contributed by atoms with Gasteiger partial charge in [-0.15, -0.1) is 0 Å². The van der Waals surface area contributed by atoms with Gasteiger partial charge in [0, 0.05) is 11.6 Å². The zero-order valence-electron chi connectivity index (χ0n) is 40.5. The first-order valence-electron chi connectivity index (χ1n) is 23.6. The third-order valence-corrected chi connectivity index (χ3v) is 13.7. The monoisotopic (exact) mass is 884 g/mol. The fourth-order valence-corrected chi connectivity index (χ4v) is 11.8. The SMILES string of the molecule is CC(C)CC(F)C1(C(F)CC(C)C)C(C(=O)O)C=CC2=NC(C(F)CC(C)C)(C(F)CC(C)C)C(C(F)CC(C)C)(C(F)CC(C)C)C(C(F)CC(C)C)(C(F)CC(C)C)C21. The normalized spacial score (nSPS) is 31.2. The van der Waals surface area contributed by atoms with Crippen LogP contribution in [0.5, 0.6) is 0 Å². The minimum atomic E-state index is -3.40. The van der Waals surface area contributed by atoms with Crippen molar-refractivity contribution < 1.29 is 45.0 Å². The van der Waals surface area contributed by atoms with E-state index in [4.69, 9.17) is 4.99 Å². The summed E-state index contributed by atoms with van der Waals surface area (Å²) in [7, 11) is 0. The quantitative estimate of drug-likeness (QED) is 0.0929. The molecule has 0 saturated carbocycles. The molecule has 1 aliphatic carbocycles. The van der Waals surface area contributed by atoms with E-state index in [0.29, 0.717) is 0 Å². The Morgan fingerprint density at radius 2 is 0.770 bits per heavy atom. The number of hydrogen-bond acceptors (Lipinski definition) is 2. The number of allylic oxidation sites excluding steroid dienone is 1. The largest absolute Gasteiger partial charge is 0.481 e. The van der Waals surface area contributed by atoms with Crippen molar-refractivity contribution in [3.05, 3.63) is 12.2 Å². The molecule has 0 aromatic carbocycles. The summed E-state index contributed by atoms with van der Waals surface area (Å²) in [5, 5.41) is 11.2. The Hall–Kier alpha value is -1.68. The third-order valence-electron chi connectivity index (χ3n) is 13.7. The molecule has 0 bridgehead atoms. The highest BCUT2D eigenvalue weighted by Gasteiger charge is 2.86. The van der Waals surface area contributed by atoms with E-state index >= 15 is 35.1 Å². The summed E-state index contributed by atoms with van der Waals surface area (Å²) in [6.45, 7) is 26.2. The van der Waals surface area contributed by atoms with Crippen molar-refractivity contribution >= 4 is 11.7 Å². The Morgan fingerprint density at radius 1 is 0.492 bits per heavy atom. The van der Waals surface area contributed by atoms with Gasteiger partial charge in [0.25, 0.3) is 0 Å². The van der Waals surface area contributed by atoms with Gasteiger partial charge in [-0.3, -0.25) is 9.79 Å². The first-order chi connectivity index (χ1) is 28.0. The first-order valence-corrected chi connectivity index (χ1v) is 23.6. The van der Waals surface area contributed by atoms with Crippen LogP contribution in [-0.4, -0.2) is 71.7 Å². The van der Waals surface area contributed by atoms with Gasteiger partial charge in [0.2, 0.25) is 0 Å². The van der Waals surface area contributed by atoms with Crippen molar-refractivity contribution in [1.82, 2.24) is 0 Å². The number of aliphatic carboxylic acids is 1. The van der Waals surface area contributed by atoms with Gasteiger partial charge in [-0.1, -0.05) is 117 Å². The molecule has 10 unspecified atom stereocenters. The van der Waals surface area contributed by atoms with Gasteiger partial charge in [0.15, 0.2) is 0 Å². The van der Waals surface area contributed by atoms with Crippen molar-refractivity contribution in [3.8, 4) is 0 Å². The summed E-state index contributed by atoms with van der Waals surface area (Å²) in [5.74, 6) is -10.9. The highest BCUT2D eigenvalue weighted by molar-refractivity contribution is 6.02. The van der Waals surface area contributed by atoms with Crippen molar-refractivity contribution in [2.45, 2.75) is 217 Å². The lowest BCUT2D eigenvalue weighted by Crippen LogP contribution is -2.84. The Labute approximate surface area is 365 Å². The molecule has 0 spiro atoms. The fourth-order valence-electron chi connectivity index (χ4n) is 11.8. The van der Waals surface area contributed by atoms with Gasteiger partial charge in [-0.2, -0.15) is 0 Å². The van der Waals surface area contributed by atoms with Gasteiger partial charge in [-0.05, 0) is 105 Å². The van der Waals surface area contributed by atoms with Crippen LogP contribution in [0.15, 0.2) is 17.1 Å². The smallest absolute Gasteiger partial charge is 0.311 e. The molecule has 10 atom stereocenters. The molecule has 61 heavy (non-hydrogen) atoms. The molecule has 1 aliphatic heterocycles. The summed E-state index contributed by atoms with van der Waals surface area (Å²) < 4.78 is 151. The lowest BCUT2D eigenvalue weighted by Gasteiger charge is -2.72. The second-order valence-electron chi connectivity index (χ2n) is 22.5. The van der Waals surface area contributed by atoms with Gasteiger partial charge < -0.3 is 5.11 Å². The summed E-state index contributed by atoms with van der Waals surface area (Å²) in [4.78, 5) is 18.7. The number of hydrogen-bond donors (Lipinski definition) is 1. The van der Waals surface area contributed by atoms with Crippen molar-refractivity contribution in [1.29, 1.82) is 0 Å². The van der Waals surface area contributed by atoms with Crippen LogP contribution in [0.3, 0.4) is 0 Å². The zero-order valence-corrected chi connectivity index (χ0v) is 40.5. The van der Waals surface area contributed by atoms with Gasteiger partial charge >= 0.3 is 5.97 Å². The molecule has 2 aliphatic rings. The minimum absolute atomic E-state index is 0.468. The maximum atomic E-state index is 19.4. The van der Waals surface area contributed by atoms with Crippen LogP contribution in [0.25, 0.3) is 0 Å². The van der Waals surface area contributed by atoms with E-state index in [-0.39, 0.29) is 0 Å². The highest BCUT2D eigenvalue weighted by atomic mass is 19.2. The van der Waals surface area contributed by atoms with E-state index in [0.717, 1.165) is 12.2 Å². The molecule has 0 saturated heterocycles. The number of rotatable bonds is 25. The molecule has 0 aromatic heterocycles. The maximum Gasteiger partial charge on any atom is 0.311 e. The zero-order chi connectivity index (χ0) is 47.3. The molecule has 0 amide bonds. The van der Waals surface area contributed by atoms with E-state index in [1.807, 2.05) is 0 Å². The van der Waals surface area contributed by atoms with E-state index in [1.165, 1.54) is 0 Å². The van der Waals surface area contributed by atoms with Gasteiger partial charge in [0.05, 0.1) is 22.2 Å². The maximum absolute atomic E-state index is 19.4. The second kappa shape index (κ2) is 22.0. The lowest BCUT2D eigenvalue weighted by molar-refractivity contribution is -0.285. The molecule has 3 nitrogen and oxygen atoms in total. The molecule has 1 N–H and O–H groups in total. The van der Waals surface area contributed by atoms with Crippen LogP contribution in [0.1, 0.15) is 162 Å². The Balaban J connectivity index is 4.00. The number of aliphatic imine (C=N–C) groups is 1. The van der Waals surface area contributed by atoms with Crippen LogP contribution in [0, 0.1) is 75.4 Å². The van der Waals surface area contributed by atoms with E-state index in [1.54, 1.807) is 111 Å². The first kappa shape index (κ1) is 55.5. The van der Waals surface area contributed by atoms with E-state index < -0.39 is 193 Å². The molecular formula is C50H85F8NO2. The number of alkyl halides is 8. The van der Waals surface area contributed by atoms with Crippen LogP contribution in [0.4, 0.5) is 35.1 Å². The number of carbonyl (C=O) groups is 1. The fraction of sp³-hybridized carbons (Fsp3) is 0.920. The summed E-state index contributed by atoms with van der Waals surface area (Å²) in [6, 6.07) is 0. The van der Waals surface area contributed by atoms with Crippen molar-refractivity contribution in [3.63, 3.8) is 0 Å². The third kappa shape index (κ3) is 10.6. The molecule has 0 radical (unpaired) electrons. The number of halogens is 8.